The topological polar surface area (TPSA) is 46.2 Å². The minimum absolute atomic E-state index is 0.256. The maximum absolute atomic E-state index is 11.6. The van der Waals surface area contributed by atoms with Crippen LogP contribution in [0.5, 0.6) is 0 Å². The molecule has 1 N–H and O–H groups in total. The lowest BCUT2D eigenvalue weighted by molar-refractivity contribution is -0.125. The largest absolute Gasteiger partial charge is 0.295 e. The lowest BCUT2D eigenvalue weighted by Crippen LogP contribution is -2.22. The molecule has 0 radical (unpaired) electrons. The lowest BCUT2D eigenvalue weighted by Gasteiger charge is -2.11. The van der Waals surface area contributed by atoms with Crippen LogP contribution in [-0.4, -0.2) is 16.6 Å². The van der Waals surface area contributed by atoms with Crippen LogP contribution in [0.2, 0.25) is 0 Å². The van der Waals surface area contributed by atoms with Crippen LogP contribution in [0.4, 0.5) is 0 Å². The van der Waals surface area contributed by atoms with E-state index >= 15 is 0 Å². The molecule has 0 aliphatic carbocycles. The third-order valence-corrected chi connectivity index (χ3v) is 3.98. The number of hydrogen-bond acceptors (Lipinski definition) is 2. The summed E-state index contributed by atoms with van der Waals surface area (Å²) in [5.41, 5.74) is 0.822. The van der Waals surface area contributed by atoms with Gasteiger partial charge in [0.05, 0.1) is 5.92 Å². The van der Waals surface area contributed by atoms with Gasteiger partial charge in [0, 0.05) is 4.47 Å². The molecule has 0 saturated carbocycles. The molecule has 2 amide bonds. The van der Waals surface area contributed by atoms with Gasteiger partial charge in [-0.1, -0.05) is 50.1 Å². The van der Waals surface area contributed by atoms with Crippen molar-refractivity contribution >= 4 is 43.7 Å². The van der Waals surface area contributed by atoms with E-state index in [0.717, 1.165) is 10.0 Å². The summed E-state index contributed by atoms with van der Waals surface area (Å²) in [4.78, 5) is 22.4. The van der Waals surface area contributed by atoms with E-state index in [-0.39, 0.29) is 11.8 Å². The second kappa shape index (κ2) is 4.06. The van der Waals surface area contributed by atoms with Crippen molar-refractivity contribution in [3.05, 3.63) is 34.3 Å². The summed E-state index contributed by atoms with van der Waals surface area (Å²) in [7, 11) is 0. The standard InChI is InChI=1S/C10H7Br2NO2/c11-6-4-2-1-3-5(6)7-8(12)10(15)13-9(7)14/h1-4,7-8H,(H,13,14,15). The van der Waals surface area contributed by atoms with Gasteiger partial charge in [-0.15, -0.1) is 0 Å². The SMILES string of the molecule is O=C1NC(=O)C(c2ccccc2Br)C1Br. The zero-order valence-electron chi connectivity index (χ0n) is 7.54. The second-order valence-corrected chi connectivity index (χ2v) is 5.10. The Hall–Kier alpha value is -0.680. The van der Waals surface area contributed by atoms with Crippen LogP contribution < -0.4 is 5.32 Å². The number of halogens is 2. The second-order valence-electron chi connectivity index (χ2n) is 3.25. The van der Waals surface area contributed by atoms with Crippen LogP contribution in [0.3, 0.4) is 0 Å². The van der Waals surface area contributed by atoms with Crippen molar-refractivity contribution in [3.63, 3.8) is 0 Å². The molecule has 5 heteroatoms. The summed E-state index contributed by atoms with van der Waals surface area (Å²) in [6.07, 6.45) is 0. The molecule has 78 valence electrons. The van der Waals surface area contributed by atoms with E-state index in [2.05, 4.69) is 37.2 Å². The van der Waals surface area contributed by atoms with Gasteiger partial charge in [-0.25, -0.2) is 0 Å². The van der Waals surface area contributed by atoms with Crippen LogP contribution >= 0.6 is 31.9 Å². The highest BCUT2D eigenvalue weighted by molar-refractivity contribution is 9.10. The summed E-state index contributed by atoms with van der Waals surface area (Å²) in [5.74, 6) is -0.984. The van der Waals surface area contributed by atoms with Crippen LogP contribution in [-0.2, 0) is 9.59 Å². The molecule has 0 bridgehead atoms. The van der Waals surface area contributed by atoms with E-state index in [1.54, 1.807) is 0 Å². The van der Waals surface area contributed by atoms with E-state index in [0.29, 0.717) is 0 Å². The van der Waals surface area contributed by atoms with Gasteiger partial charge in [-0.2, -0.15) is 0 Å². The first-order chi connectivity index (χ1) is 7.11. The van der Waals surface area contributed by atoms with Crippen molar-refractivity contribution in [2.75, 3.05) is 0 Å². The van der Waals surface area contributed by atoms with Crippen molar-refractivity contribution < 1.29 is 9.59 Å². The zero-order valence-corrected chi connectivity index (χ0v) is 10.7. The third-order valence-electron chi connectivity index (χ3n) is 2.31. The van der Waals surface area contributed by atoms with Crippen LogP contribution in [0.15, 0.2) is 28.7 Å². The van der Waals surface area contributed by atoms with Crippen LogP contribution in [0.25, 0.3) is 0 Å². The number of carbonyl (C=O) groups excluding carboxylic acids is 2. The summed E-state index contributed by atoms with van der Waals surface area (Å²) < 4.78 is 0.837. The normalized spacial score (nSPS) is 25.5. The smallest absolute Gasteiger partial charge is 0.241 e. The Morgan fingerprint density at radius 1 is 1.13 bits per heavy atom. The molecule has 1 fully saturated rings. The van der Waals surface area contributed by atoms with Gasteiger partial charge < -0.3 is 0 Å². The van der Waals surface area contributed by atoms with Gasteiger partial charge in [0.15, 0.2) is 0 Å². The molecule has 1 aromatic carbocycles. The third kappa shape index (κ3) is 1.86. The molecule has 1 aromatic rings. The minimum atomic E-state index is -0.483. The van der Waals surface area contributed by atoms with Gasteiger partial charge in [-0.05, 0) is 11.6 Å². The molecule has 2 rings (SSSR count). The molecular weight excluding hydrogens is 326 g/mol. The van der Waals surface area contributed by atoms with E-state index in [1.807, 2.05) is 24.3 Å². The maximum atomic E-state index is 11.6. The van der Waals surface area contributed by atoms with Crippen LogP contribution in [0.1, 0.15) is 11.5 Å². The fourth-order valence-electron chi connectivity index (χ4n) is 1.58. The summed E-state index contributed by atoms with van der Waals surface area (Å²) >= 11 is 6.60. The molecule has 1 aliphatic rings. The summed E-state index contributed by atoms with van der Waals surface area (Å²) in [5, 5.41) is 2.30. The fraction of sp³-hybridized carbons (Fsp3) is 0.200. The number of nitrogens with one attached hydrogen (secondary N) is 1. The Morgan fingerprint density at radius 3 is 2.33 bits per heavy atom. The Balaban J connectivity index is 2.43. The number of amides is 2. The Morgan fingerprint density at radius 2 is 1.80 bits per heavy atom. The Kier molecular flexibility index (Phi) is 2.93. The average Bonchev–Trinajstić information content (AvgIpc) is 2.43. The van der Waals surface area contributed by atoms with Gasteiger partial charge >= 0.3 is 0 Å². The molecule has 3 nitrogen and oxygen atoms in total. The van der Waals surface area contributed by atoms with Crippen molar-refractivity contribution in [3.8, 4) is 0 Å². The first-order valence-corrected chi connectivity index (χ1v) is 6.05. The summed E-state index contributed by atoms with van der Waals surface area (Å²) in [6.45, 7) is 0. The molecule has 2 unspecified atom stereocenters. The van der Waals surface area contributed by atoms with Gasteiger partial charge in [-0.3, -0.25) is 14.9 Å². The Labute approximate surface area is 103 Å². The maximum Gasteiger partial charge on any atom is 0.241 e. The average molecular weight is 333 g/mol. The van der Waals surface area contributed by atoms with Crippen molar-refractivity contribution in [2.45, 2.75) is 10.7 Å². The monoisotopic (exact) mass is 331 g/mol. The Bertz CT molecular complexity index is 433. The molecule has 1 heterocycles. The fourth-order valence-corrected chi connectivity index (χ4v) is 2.75. The van der Waals surface area contributed by atoms with E-state index in [9.17, 15) is 9.59 Å². The molecular formula is C10H7Br2NO2. The molecule has 0 aromatic heterocycles. The number of carbonyl (C=O) groups is 2. The zero-order chi connectivity index (χ0) is 11.0. The van der Waals surface area contributed by atoms with Crippen molar-refractivity contribution in [1.29, 1.82) is 0 Å². The quantitative estimate of drug-likeness (QED) is 0.631. The van der Waals surface area contributed by atoms with Gasteiger partial charge in [0.2, 0.25) is 11.8 Å². The number of benzene rings is 1. The number of rotatable bonds is 1. The first kappa shape index (κ1) is 10.8. The lowest BCUT2D eigenvalue weighted by atomic mass is 9.98. The highest BCUT2D eigenvalue weighted by Crippen LogP contribution is 2.34. The molecule has 2 atom stereocenters. The summed E-state index contributed by atoms with van der Waals surface area (Å²) in [6, 6.07) is 7.40. The van der Waals surface area contributed by atoms with Gasteiger partial charge in [0.25, 0.3) is 0 Å². The predicted molar refractivity (Wildman–Crippen MR) is 62.7 cm³/mol. The molecule has 1 saturated heterocycles. The van der Waals surface area contributed by atoms with E-state index in [4.69, 9.17) is 0 Å². The van der Waals surface area contributed by atoms with Crippen molar-refractivity contribution in [2.24, 2.45) is 0 Å². The highest BCUT2D eigenvalue weighted by atomic mass is 79.9. The van der Waals surface area contributed by atoms with E-state index < -0.39 is 10.7 Å². The minimum Gasteiger partial charge on any atom is -0.295 e. The molecule has 0 spiro atoms. The first-order valence-electron chi connectivity index (χ1n) is 4.34. The molecule has 1 aliphatic heterocycles. The van der Waals surface area contributed by atoms with E-state index in [1.165, 1.54) is 0 Å². The van der Waals surface area contributed by atoms with Gasteiger partial charge in [0.1, 0.15) is 4.83 Å². The highest BCUT2D eigenvalue weighted by Gasteiger charge is 2.41. The number of hydrogen-bond donors (Lipinski definition) is 1. The molecule has 15 heavy (non-hydrogen) atoms. The number of imide groups is 1. The van der Waals surface area contributed by atoms with Crippen molar-refractivity contribution in [1.82, 2.24) is 5.32 Å². The number of alkyl halides is 1. The van der Waals surface area contributed by atoms with Crippen LogP contribution in [0, 0.1) is 0 Å². The predicted octanol–water partition coefficient (Wildman–Crippen LogP) is 1.95.